The van der Waals surface area contributed by atoms with Crippen molar-refractivity contribution in [3.05, 3.63) is 77.4 Å². The van der Waals surface area contributed by atoms with E-state index < -0.39 is 11.7 Å². The molecule has 0 aromatic heterocycles. The highest BCUT2D eigenvalue weighted by atomic mass is 35.5. The van der Waals surface area contributed by atoms with Crippen LogP contribution in [-0.2, 0) is 9.53 Å². The van der Waals surface area contributed by atoms with Crippen LogP contribution in [0.2, 0.25) is 5.02 Å². The molecule has 5 atom stereocenters. The lowest BCUT2D eigenvalue weighted by Gasteiger charge is -2.47. The number of halogens is 3. The van der Waals surface area contributed by atoms with Crippen LogP contribution in [0.15, 0.2) is 77.2 Å². The Morgan fingerprint density at radius 3 is 2.46 bits per heavy atom. The number of carbonyl (C=O) groups excluding carboxylic acids is 1. The van der Waals surface area contributed by atoms with Gasteiger partial charge < -0.3 is 19.9 Å². The summed E-state index contributed by atoms with van der Waals surface area (Å²) >= 11 is 7.83. The smallest absolute Gasteiger partial charge is 0.238 e. The van der Waals surface area contributed by atoms with Crippen LogP contribution in [0.1, 0.15) is 34.1 Å². The first-order valence-corrected chi connectivity index (χ1v) is 17.1. The van der Waals surface area contributed by atoms with Gasteiger partial charge in [0.15, 0.2) is 0 Å². The molecule has 2 heterocycles. The molecule has 2 aromatic carbocycles. The van der Waals surface area contributed by atoms with Crippen LogP contribution >= 0.6 is 48.2 Å². The number of hydrogen-bond donors (Lipinski definition) is 2. The van der Waals surface area contributed by atoms with Gasteiger partial charge in [-0.15, -0.1) is 36.6 Å². The van der Waals surface area contributed by atoms with Gasteiger partial charge in [0.2, 0.25) is 5.91 Å². The summed E-state index contributed by atoms with van der Waals surface area (Å²) in [5.74, 6) is 0.693. The molecule has 2 N–H and O–H groups in total. The van der Waals surface area contributed by atoms with E-state index in [1.807, 2.05) is 36.4 Å². The molecule has 5 rings (SSSR count). The second-order valence-corrected chi connectivity index (χ2v) is 14.0. The quantitative estimate of drug-likeness (QED) is 0.246. The minimum Gasteiger partial charge on any atom is -0.489 e. The van der Waals surface area contributed by atoms with Crippen LogP contribution in [-0.4, -0.2) is 89.7 Å². The standard InChI is InChI=1S/C35H46ClN3O4S.2ClH/c1-5-26(39-18-16-38(17-19-39)21-27(40)23-42-31-12-8-6-10-29(31)36)22-43-35(24(2)3)20-25(4)14-15-28(35)33-34(41)37-30-11-7-9-13-32(30)44-33;;/h6-15,20,24,26-28,33,40H,5,16-19,21-23H2,1-4H3,(H,37,41);2*1H. The zero-order valence-corrected chi connectivity index (χ0v) is 30.3. The van der Waals surface area contributed by atoms with Crippen LogP contribution in [0.4, 0.5) is 5.69 Å². The first-order valence-electron chi connectivity index (χ1n) is 15.8. The molecule has 2 aromatic rings. The van der Waals surface area contributed by atoms with E-state index >= 15 is 0 Å². The molecular weight excluding hydrogens is 665 g/mol. The van der Waals surface area contributed by atoms with Gasteiger partial charge in [-0.2, -0.15) is 0 Å². The zero-order valence-electron chi connectivity index (χ0n) is 27.1. The first kappa shape index (κ1) is 38.7. The van der Waals surface area contributed by atoms with Crippen molar-refractivity contribution >= 4 is 59.8 Å². The fourth-order valence-electron chi connectivity index (χ4n) is 6.53. The molecular formula is C35H48Cl3N3O4S. The van der Waals surface area contributed by atoms with Crippen molar-refractivity contribution in [1.82, 2.24) is 9.80 Å². The van der Waals surface area contributed by atoms with Crippen molar-refractivity contribution in [2.75, 3.05) is 51.3 Å². The van der Waals surface area contributed by atoms with Gasteiger partial charge in [-0.1, -0.05) is 74.4 Å². The predicted octanol–water partition coefficient (Wildman–Crippen LogP) is 6.98. The second-order valence-electron chi connectivity index (χ2n) is 12.4. The largest absolute Gasteiger partial charge is 0.489 e. The van der Waals surface area contributed by atoms with Crippen LogP contribution in [0.5, 0.6) is 5.75 Å². The summed E-state index contributed by atoms with van der Waals surface area (Å²) in [6.45, 7) is 13.7. The number of aliphatic hydroxyl groups excluding tert-OH is 1. The molecule has 1 amide bonds. The number of thioether (sulfide) groups is 1. The molecule has 1 saturated heterocycles. The lowest BCUT2D eigenvalue weighted by Crippen LogP contribution is -2.56. The van der Waals surface area contributed by atoms with E-state index in [9.17, 15) is 9.90 Å². The Morgan fingerprint density at radius 1 is 1.07 bits per heavy atom. The molecule has 2 aliphatic heterocycles. The topological polar surface area (TPSA) is 74.3 Å². The van der Waals surface area contributed by atoms with Gasteiger partial charge >= 0.3 is 0 Å². The summed E-state index contributed by atoms with van der Waals surface area (Å²) in [7, 11) is 0. The molecule has 254 valence electrons. The summed E-state index contributed by atoms with van der Waals surface area (Å²) in [5.41, 5.74) is 1.45. The highest BCUT2D eigenvalue weighted by Crippen LogP contribution is 2.47. The third-order valence-electron chi connectivity index (χ3n) is 9.08. The molecule has 1 aliphatic carbocycles. The molecule has 5 unspecified atom stereocenters. The lowest BCUT2D eigenvalue weighted by molar-refractivity contribution is -0.122. The number of anilines is 1. The molecule has 0 radical (unpaired) electrons. The van der Waals surface area contributed by atoms with Crippen LogP contribution in [0.25, 0.3) is 0 Å². The first-order chi connectivity index (χ1) is 21.2. The summed E-state index contributed by atoms with van der Waals surface area (Å²) in [6.07, 6.45) is 6.96. The number of nitrogens with zero attached hydrogens (tertiary/aromatic N) is 2. The van der Waals surface area contributed by atoms with Crippen molar-refractivity contribution in [1.29, 1.82) is 0 Å². The minimum atomic E-state index is -0.596. The maximum absolute atomic E-state index is 13.4. The van der Waals surface area contributed by atoms with E-state index in [1.165, 1.54) is 0 Å². The molecule has 0 saturated carbocycles. The van der Waals surface area contributed by atoms with E-state index in [-0.39, 0.29) is 60.5 Å². The average molecular weight is 713 g/mol. The van der Waals surface area contributed by atoms with Gasteiger partial charge in [0.05, 0.1) is 28.2 Å². The number of fused-ring (bicyclic) bond motifs is 1. The number of carbonyl (C=O) groups is 1. The van der Waals surface area contributed by atoms with Crippen LogP contribution in [0.3, 0.4) is 0 Å². The number of para-hydroxylation sites is 2. The number of β-amino-alcohol motifs (C(OH)–C–C–N with tert-alkyl or cyclic N) is 1. The van der Waals surface area contributed by atoms with Gasteiger partial charge in [-0.05, 0) is 49.6 Å². The normalized spacial score (nSPS) is 24.6. The van der Waals surface area contributed by atoms with Gasteiger partial charge in [0, 0.05) is 49.6 Å². The second kappa shape index (κ2) is 17.6. The Kier molecular flexibility index (Phi) is 14.8. The van der Waals surface area contributed by atoms with Crippen molar-refractivity contribution in [3.63, 3.8) is 0 Å². The fraction of sp³-hybridized carbons (Fsp3) is 0.514. The van der Waals surface area contributed by atoms with Crippen LogP contribution < -0.4 is 10.1 Å². The number of ether oxygens (including phenoxy) is 2. The molecule has 11 heteroatoms. The van der Waals surface area contributed by atoms with E-state index in [0.717, 1.165) is 48.8 Å². The van der Waals surface area contributed by atoms with Crippen molar-refractivity contribution < 1.29 is 19.4 Å². The number of amides is 1. The summed E-state index contributed by atoms with van der Waals surface area (Å²) < 4.78 is 12.8. The molecule has 1 fully saturated rings. The number of piperazine rings is 1. The Hall–Kier alpha value is -1.75. The molecule has 0 bridgehead atoms. The van der Waals surface area contributed by atoms with E-state index in [0.29, 0.717) is 23.9 Å². The number of rotatable bonds is 12. The number of hydrogen-bond acceptors (Lipinski definition) is 7. The maximum atomic E-state index is 13.4. The summed E-state index contributed by atoms with van der Waals surface area (Å²) in [5, 5.41) is 14.0. The van der Waals surface area contributed by atoms with Crippen LogP contribution in [0, 0.1) is 11.8 Å². The number of nitrogens with one attached hydrogen (secondary N) is 1. The third-order valence-corrected chi connectivity index (χ3v) is 10.8. The highest BCUT2D eigenvalue weighted by molar-refractivity contribution is 8.01. The fourth-order valence-corrected chi connectivity index (χ4v) is 8.02. The van der Waals surface area contributed by atoms with Crippen molar-refractivity contribution in [2.45, 2.75) is 62.0 Å². The minimum absolute atomic E-state index is 0. The Morgan fingerprint density at radius 2 is 1.76 bits per heavy atom. The van der Waals surface area contributed by atoms with Gasteiger partial charge in [-0.25, -0.2) is 0 Å². The van der Waals surface area contributed by atoms with Crippen molar-refractivity contribution in [3.8, 4) is 5.75 Å². The SMILES string of the molecule is CCC(COC1(C(C)C)C=C(C)C=CC1C1Sc2ccccc2NC1=O)N1CCN(CC(O)COc2ccccc2Cl)CC1.Cl.Cl. The molecule has 3 aliphatic rings. The predicted molar refractivity (Wildman–Crippen MR) is 194 cm³/mol. The number of allylic oxidation sites excluding steroid dienone is 2. The lowest BCUT2D eigenvalue weighted by atomic mass is 9.72. The van der Waals surface area contributed by atoms with Crippen molar-refractivity contribution in [2.24, 2.45) is 11.8 Å². The van der Waals surface area contributed by atoms with E-state index in [1.54, 1.807) is 17.8 Å². The molecule has 7 nitrogen and oxygen atoms in total. The average Bonchev–Trinajstić information content (AvgIpc) is 3.01. The maximum Gasteiger partial charge on any atom is 0.238 e. The Balaban J connectivity index is 0.00000288. The third kappa shape index (κ3) is 9.03. The monoisotopic (exact) mass is 711 g/mol. The van der Waals surface area contributed by atoms with Gasteiger partial charge in [-0.3, -0.25) is 14.6 Å². The summed E-state index contributed by atoms with van der Waals surface area (Å²) in [4.78, 5) is 19.3. The number of aliphatic hydroxyl groups is 1. The van der Waals surface area contributed by atoms with Gasteiger partial charge in [0.1, 0.15) is 18.5 Å². The van der Waals surface area contributed by atoms with E-state index in [2.05, 4.69) is 67.1 Å². The zero-order chi connectivity index (χ0) is 31.3. The summed E-state index contributed by atoms with van der Waals surface area (Å²) in [6, 6.07) is 15.6. The van der Waals surface area contributed by atoms with Gasteiger partial charge in [0.25, 0.3) is 0 Å². The van der Waals surface area contributed by atoms with E-state index in [4.69, 9.17) is 21.1 Å². The highest BCUT2D eigenvalue weighted by Gasteiger charge is 2.49. The molecule has 46 heavy (non-hydrogen) atoms. The Bertz CT molecular complexity index is 1350. The Labute approximate surface area is 295 Å². The number of benzene rings is 2. The molecule has 0 spiro atoms.